The number of hydrogen-bond acceptors (Lipinski definition) is 6. The summed E-state index contributed by atoms with van der Waals surface area (Å²) < 4.78 is 5.90. The van der Waals surface area contributed by atoms with E-state index >= 15 is 0 Å². The zero-order valence-corrected chi connectivity index (χ0v) is 25.0. The highest BCUT2D eigenvalue weighted by atomic mass is 32.1. The molecular weight excluding hydrogens is 566 g/mol. The Kier molecular flexibility index (Phi) is 7.43. The lowest BCUT2D eigenvalue weighted by Crippen LogP contribution is -2.53. The number of pyridine rings is 1. The Morgan fingerprint density at radius 3 is 2.35 bits per heavy atom. The van der Waals surface area contributed by atoms with Crippen LogP contribution in [0.1, 0.15) is 56.1 Å². The van der Waals surface area contributed by atoms with E-state index in [0.717, 1.165) is 5.75 Å². The molecule has 0 atom stereocenters. The van der Waals surface area contributed by atoms with Crippen molar-refractivity contribution in [3.05, 3.63) is 71.7 Å². The molecule has 2 aliphatic rings. The second-order valence-electron chi connectivity index (χ2n) is 11.8. The number of carbonyl (C=O) groups excluding carboxylic acids is 2. The summed E-state index contributed by atoms with van der Waals surface area (Å²) in [4.78, 5) is 47.5. The van der Waals surface area contributed by atoms with Gasteiger partial charge in [0, 0.05) is 23.8 Å². The molecule has 1 saturated carbocycles. The van der Waals surface area contributed by atoms with Gasteiger partial charge in [-0.3, -0.25) is 9.69 Å². The standard InChI is InChI=1S/C32H33N5O5S/c1-32(2,3)37(31(40)41)21-11-9-19(10-12-21)34-28(38)27-26-25-24(17-18-33-29(25)43-27)36(30(39)35-26)20-13-15-23(16-14-20)42-22-7-5-4-6-8-22/h4-8,13-19,21H,9-12H2,1-3H3,(H,34,38)(H,35,39)(H,40,41). The number of nitrogens with one attached hydrogen (secondary N) is 2. The Morgan fingerprint density at radius 1 is 1.02 bits per heavy atom. The average molecular weight is 600 g/mol. The summed E-state index contributed by atoms with van der Waals surface area (Å²) >= 11 is 1.24. The first-order chi connectivity index (χ1) is 20.6. The van der Waals surface area contributed by atoms with E-state index in [1.165, 1.54) is 16.2 Å². The van der Waals surface area contributed by atoms with Gasteiger partial charge in [-0.15, -0.1) is 11.3 Å². The summed E-state index contributed by atoms with van der Waals surface area (Å²) in [6, 6.07) is 17.9. The minimum Gasteiger partial charge on any atom is -0.465 e. The molecule has 0 unspecified atom stereocenters. The molecule has 4 aromatic rings. The molecule has 3 heterocycles. The highest BCUT2D eigenvalue weighted by molar-refractivity contribution is 7.21. The third-order valence-corrected chi connectivity index (χ3v) is 8.95. The molecule has 10 nitrogen and oxygen atoms in total. The first-order valence-electron chi connectivity index (χ1n) is 14.3. The van der Waals surface area contributed by atoms with Crippen LogP contribution in [0.4, 0.5) is 26.7 Å². The van der Waals surface area contributed by atoms with Crippen LogP contribution in [0.25, 0.3) is 10.2 Å². The predicted molar refractivity (Wildman–Crippen MR) is 167 cm³/mol. The van der Waals surface area contributed by atoms with Crippen molar-refractivity contribution in [2.24, 2.45) is 0 Å². The third kappa shape index (κ3) is 5.60. The number of urea groups is 1. The van der Waals surface area contributed by atoms with E-state index in [2.05, 4.69) is 15.6 Å². The number of nitrogens with zero attached hydrogens (tertiary/aromatic N) is 3. The average Bonchev–Trinajstić information content (AvgIpc) is 3.34. The SMILES string of the molecule is CC(C)(C)N(C(=O)O)C1CCC(NC(=O)c2sc3nccc4c3c2NC(=O)N4c2ccc(Oc3ccccc3)cc2)CC1. The van der Waals surface area contributed by atoms with Crippen LogP contribution >= 0.6 is 11.3 Å². The Morgan fingerprint density at radius 2 is 1.70 bits per heavy atom. The maximum Gasteiger partial charge on any atom is 0.407 e. The number of para-hydroxylation sites is 1. The monoisotopic (exact) mass is 599 g/mol. The van der Waals surface area contributed by atoms with E-state index in [4.69, 9.17) is 4.74 Å². The fourth-order valence-corrected chi connectivity index (χ4v) is 7.03. The molecular formula is C32H33N5O5S. The maximum atomic E-state index is 13.5. The number of amides is 4. The predicted octanol–water partition coefficient (Wildman–Crippen LogP) is 7.59. The molecule has 3 N–H and O–H groups in total. The van der Waals surface area contributed by atoms with Gasteiger partial charge in [0.15, 0.2) is 0 Å². The molecule has 11 heteroatoms. The number of ether oxygens (including phenoxy) is 1. The van der Waals surface area contributed by atoms with Crippen molar-refractivity contribution in [1.29, 1.82) is 0 Å². The van der Waals surface area contributed by atoms with Crippen LogP contribution in [0.5, 0.6) is 11.5 Å². The molecule has 1 fully saturated rings. The summed E-state index contributed by atoms with van der Waals surface area (Å²) in [5, 5.41) is 16.5. The van der Waals surface area contributed by atoms with Gasteiger partial charge < -0.3 is 25.4 Å². The van der Waals surface area contributed by atoms with Gasteiger partial charge in [-0.25, -0.2) is 14.6 Å². The molecule has 2 aromatic heterocycles. The van der Waals surface area contributed by atoms with Crippen LogP contribution in [0.15, 0.2) is 66.9 Å². The van der Waals surface area contributed by atoms with Gasteiger partial charge in [0.05, 0.1) is 22.4 Å². The van der Waals surface area contributed by atoms with Gasteiger partial charge in [-0.1, -0.05) is 18.2 Å². The van der Waals surface area contributed by atoms with Crippen molar-refractivity contribution in [1.82, 2.24) is 15.2 Å². The number of carbonyl (C=O) groups is 3. The zero-order chi connectivity index (χ0) is 30.3. The second kappa shape index (κ2) is 11.2. The van der Waals surface area contributed by atoms with Crippen molar-refractivity contribution in [3.8, 4) is 11.5 Å². The molecule has 0 spiro atoms. The van der Waals surface area contributed by atoms with Crippen molar-refractivity contribution in [3.63, 3.8) is 0 Å². The Hall–Kier alpha value is -4.64. The number of anilines is 3. The third-order valence-electron chi connectivity index (χ3n) is 7.85. The molecule has 2 aromatic carbocycles. The summed E-state index contributed by atoms with van der Waals surface area (Å²) in [6.45, 7) is 5.69. The fourth-order valence-electron chi connectivity index (χ4n) is 6.01. The smallest absolute Gasteiger partial charge is 0.407 e. The lowest BCUT2D eigenvalue weighted by Gasteiger charge is -2.42. The van der Waals surface area contributed by atoms with Gasteiger partial charge in [0.2, 0.25) is 0 Å². The van der Waals surface area contributed by atoms with Crippen LogP contribution in [-0.4, -0.2) is 50.6 Å². The molecule has 1 aliphatic carbocycles. The number of carboxylic acid groups (broad SMARTS) is 1. The van der Waals surface area contributed by atoms with Crippen molar-refractivity contribution >= 4 is 56.6 Å². The molecule has 0 radical (unpaired) electrons. The number of benzene rings is 2. The summed E-state index contributed by atoms with van der Waals surface area (Å²) in [7, 11) is 0. The molecule has 43 heavy (non-hydrogen) atoms. The van der Waals surface area contributed by atoms with Gasteiger partial charge >= 0.3 is 12.1 Å². The number of aromatic nitrogens is 1. The van der Waals surface area contributed by atoms with E-state index in [9.17, 15) is 19.5 Å². The van der Waals surface area contributed by atoms with Crippen molar-refractivity contribution in [2.75, 3.05) is 10.2 Å². The van der Waals surface area contributed by atoms with E-state index in [-0.39, 0.29) is 24.0 Å². The minimum absolute atomic E-state index is 0.0865. The summed E-state index contributed by atoms with van der Waals surface area (Å²) in [6.07, 6.45) is 3.39. The molecule has 6 rings (SSSR count). The van der Waals surface area contributed by atoms with Crippen LogP contribution in [0.3, 0.4) is 0 Å². The molecule has 222 valence electrons. The van der Waals surface area contributed by atoms with Gasteiger partial charge in [0.25, 0.3) is 5.91 Å². The normalized spacial score (nSPS) is 18.2. The maximum absolute atomic E-state index is 13.5. The largest absolute Gasteiger partial charge is 0.465 e. The quantitative estimate of drug-likeness (QED) is 0.210. The first kappa shape index (κ1) is 28.5. The van der Waals surface area contributed by atoms with Crippen molar-refractivity contribution < 1.29 is 24.2 Å². The van der Waals surface area contributed by atoms with Gasteiger partial charge in [0.1, 0.15) is 21.2 Å². The van der Waals surface area contributed by atoms with Crippen molar-refractivity contribution in [2.45, 2.75) is 64.1 Å². The zero-order valence-electron chi connectivity index (χ0n) is 24.2. The van der Waals surface area contributed by atoms with Crippen LogP contribution < -0.4 is 20.3 Å². The molecule has 4 amide bonds. The van der Waals surface area contributed by atoms with E-state index < -0.39 is 11.6 Å². The molecule has 1 aliphatic heterocycles. The first-order valence-corrected chi connectivity index (χ1v) is 15.1. The Bertz CT molecular complexity index is 1670. The highest BCUT2D eigenvalue weighted by Gasteiger charge is 2.37. The van der Waals surface area contributed by atoms with Crippen LogP contribution in [-0.2, 0) is 0 Å². The number of rotatable bonds is 6. The van der Waals surface area contributed by atoms with Crippen LogP contribution in [0.2, 0.25) is 0 Å². The Balaban J connectivity index is 1.20. The minimum atomic E-state index is -0.922. The molecule has 0 saturated heterocycles. The second-order valence-corrected chi connectivity index (χ2v) is 12.8. The van der Waals surface area contributed by atoms with E-state index in [1.807, 2.05) is 75.4 Å². The summed E-state index contributed by atoms with van der Waals surface area (Å²) in [5.41, 5.74) is 1.26. The lowest BCUT2D eigenvalue weighted by molar-refractivity contribution is 0.0520. The highest BCUT2D eigenvalue weighted by Crippen LogP contribution is 2.46. The number of thiophene rings is 1. The molecule has 0 bridgehead atoms. The van der Waals surface area contributed by atoms with Gasteiger partial charge in [-0.2, -0.15) is 0 Å². The summed E-state index contributed by atoms with van der Waals surface area (Å²) in [5.74, 6) is 1.09. The topological polar surface area (TPSA) is 124 Å². The fraction of sp³-hybridized carbons (Fsp3) is 0.312. The lowest BCUT2D eigenvalue weighted by atomic mass is 9.88. The number of hydrogen-bond donors (Lipinski definition) is 3. The Labute approximate surface area is 253 Å². The van der Waals surface area contributed by atoms with E-state index in [1.54, 1.807) is 17.2 Å². The van der Waals surface area contributed by atoms with Gasteiger partial charge in [-0.05, 0) is 88.9 Å². The van der Waals surface area contributed by atoms with E-state index in [0.29, 0.717) is 63.6 Å². The van der Waals surface area contributed by atoms with Crippen LogP contribution in [0, 0.1) is 0 Å².